The van der Waals surface area contributed by atoms with Crippen LogP contribution < -0.4 is 0 Å². The minimum Gasteiger partial charge on any atom is -0.493 e. The van der Waals surface area contributed by atoms with Crippen molar-refractivity contribution in [2.24, 2.45) is 5.92 Å². The lowest BCUT2D eigenvalue weighted by atomic mass is 9.71. The maximum absolute atomic E-state index is 12.8. The summed E-state index contributed by atoms with van der Waals surface area (Å²) in [4.78, 5) is 15.2. The summed E-state index contributed by atoms with van der Waals surface area (Å²) in [6.07, 6.45) is 14.9. The Balaban J connectivity index is 0.000000521. The molecule has 0 spiro atoms. The van der Waals surface area contributed by atoms with Crippen molar-refractivity contribution in [1.29, 1.82) is 0 Å². The number of hydrogen-bond donors (Lipinski definition) is 0. The van der Waals surface area contributed by atoms with Crippen molar-refractivity contribution in [3.05, 3.63) is 108 Å². The summed E-state index contributed by atoms with van der Waals surface area (Å²) in [7, 11) is 1.49. The first-order valence-corrected chi connectivity index (χ1v) is 13.2. The van der Waals surface area contributed by atoms with Gasteiger partial charge in [-0.2, -0.15) is 0 Å². The standard InChI is InChI=1S/C25H33NO3.C8H12/c1-5-23-20(13-16-29-23)17-19(2)11-14-26-15-12-22(18-26)25(3,24(27)28-4)21-9-7-6-8-10-21;1-4-6-7-8(3)5-2/h5-10,17,22H,1,11-16,18H2,2-4H3;4-7H,2H2,1,3H3/b19-17+;6-4-,8-7-. The highest BCUT2D eigenvalue weighted by Gasteiger charge is 2.46. The molecule has 0 aromatic heterocycles. The molecule has 1 saturated heterocycles. The van der Waals surface area contributed by atoms with Crippen LogP contribution in [-0.2, 0) is 19.7 Å². The summed E-state index contributed by atoms with van der Waals surface area (Å²) >= 11 is 0. The van der Waals surface area contributed by atoms with E-state index in [1.54, 1.807) is 6.08 Å². The zero-order valence-electron chi connectivity index (χ0n) is 23.5. The van der Waals surface area contributed by atoms with Gasteiger partial charge in [0.2, 0.25) is 0 Å². The van der Waals surface area contributed by atoms with Crippen molar-refractivity contribution in [1.82, 2.24) is 4.90 Å². The lowest BCUT2D eigenvalue weighted by Crippen LogP contribution is -2.42. The number of allylic oxidation sites excluding steroid dienone is 7. The van der Waals surface area contributed by atoms with E-state index >= 15 is 0 Å². The molecule has 2 atom stereocenters. The number of nitrogens with zero attached hydrogens (tertiary/aromatic N) is 1. The molecule has 200 valence electrons. The highest BCUT2D eigenvalue weighted by molar-refractivity contribution is 5.83. The van der Waals surface area contributed by atoms with Crippen LogP contribution in [0.4, 0.5) is 0 Å². The van der Waals surface area contributed by atoms with Gasteiger partial charge < -0.3 is 14.4 Å². The van der Waals surface area contributed by atoms with Gasteiger partial charge in [-0.15, -0.1) is 0 Å². The van der Waals surface area contributed by atoms with Gasteiger partial charge >= 0.3 is 5.97 Å². The number of ether oxygens (including phenoxy) is 2. The molecule has 0 aliphatic carbocycles. The van der Waals surface area contributed by atoms with Crippen molar-refractivity contribution in [3.8, 4) is 0 Å². The average molecular weight is 504 g/mol. The monoisotopic (exact) mass is 503 g/mol. The molecule has 0 amide bonds. The zero-order valence-corrected chi connectivity index (χ0v) is 23.5. The van der Waals surface area contributed by atoms with Gasteiger partial charge in [0.25, 0.3) is 0 Å². The quantitative estimate of drug-likeness (QED) is 0.247. The first kappa shape index (κ1) is 30.1. The molecular weight excluding hydrogens is 458 g/mol. The molecule has 4 heteroatoms. The van der Waals surface area contributed by atoms with Crippen LogP contribution in [0.3, 0.4) is 0 Å². The maximum atomic E-state index is 12.8. The van der Waals surface area contributed by atoms with Gasteiger partial charge in [0.15, 0.2) is 0 Å². The van der Waals surface area contributed by atoms with E-state index in [2.05, 4.69) is 31.1 Å². The molecule has 2 aliphatic rings. The second kappa shape index (κ2) is 15.2. The minimum absolute atomic E-state index is 0.142. The summed E-state index contributed by atoms with van der Waals surface area (Å²) < 4.78 is 10.8. The fraction of sp³-hybridized carbons (Fsp3) is 0.424. The molecule has 1 fully saturated rings. The Morgan fingerprint density at radius 2 is 1.97 bits per heavy atom. The molecule has 1 aromatic rings. The van der Waals surface area contributed by atoms with Gasteiger partial charge in [0.1, 0.15) is 5.76 Å². The second-order valence-electron chi connectivity index (χ2n) is 9.92. The van der Waals surface area contributed by atoms with E-state index in [0.29, 0.717) is 0 Å². The number of likely N-dealkylation sites (tertiary alicyclic amines) is 1. The maximum Gasteiger partial charge on any atom is 0.316 e. The molecule has 2 unspecified atom stereocenters. The van der Waals surface area contributed by atoms with Crippen molar-refractivity contribution >= 4 is 5.97 Å². The van der Waals surface area contributed by atoms with Crippen molar-refractivity contribution < 1.29 is 14.3 Å². The largest absolute Gasteiger partial charge is 0.493 e. The zero-order chi connectivity index (χ0) is 27.3. The summed E-state index contributed by atoms with van der Waals surface area (Å²) in [5.41, 5.74) is 4.23. The molecule has 2 heterocycles. The van der Waals surface area contributed by atoms with Crippen LogP contribution in [0.5, 0.6) is 0 Å². The van der Waals surface area contributed by atoms with E-state index in [1.165, 1.54) is 23.8 Å². The van der Waals surface area contributed by atoms with Crippen LogP contribution in [0, 0.1) is 5.92 Å². The highest BCUT2D eigenvalue weighted by Crippen LogP contribution is 2.39. The minimum atomic E-state index is -0.611. The normalized spacial score (nSPS) is 20.2. The fourth-order valence-electron chi connectivity index (χ4n) is 4.86. The number of benzene rings is 1. The van der Waals surface area contributed by atoms with Crippen LogP contribution in [0.15, 0.2) is 102 Å². The summed E-state index contributed by atoms with van der Waals surface area (Å²) in [5, 5.41) is 0. The predicted molar refractivity (Wildman–Crippen MR) is 155 cm³/mol. The summed E-state index contributed by atoms with van der Waals surface area (Å²) in [6, 6.07) is 10.1. The fourth-order valence-corrected chi connectivity index (χ4v) is 4.86. The van der Waals surface area contributed by atoms with E-state index in [1.807, 2.05) is 75.4 Å². The van der Waals surface area contributed by atoms with Crippen molar-refractivity contribution in [2.45, 2.75) is 52.4 Å². The third-order valence-electron chi connectivity index (χ3n) is 7.32. The molecule has 0 N–H and O–H groups in total. The third kappa shape index (κ3) is 8.46. The number of rotatable bonds is 10. The van der Waals surface area contributed by atoms with Crippen LogP contribution in [-0.4, -0.2) is 44.2 Å². The third-order valence-corrected chi connectivity index (χ3v) is 7.32. The molecule has 2 aliphatic heterocycles. The van der Waals surface area contributed by atoms with Crippen LogP contribution in [0.25, 0.3) is 0 Å². The lowest BCUT2D eigenvalue weighted by Gasteiger charge is -2.33. The summed E-state index contributed by atoms with van der Waals surface area (Å²) in [5.74, 6) is 1.03. The van der Waals surface area contributed by atoms with E-state index in [-0.39, 0.29) is 11.9 Å². The van der Waals surface area contributed by atoms with Gasteiger partial charge in [-0.25, -0.2) is 0 Å². The molecule has 0 radical (unpaired) electrons. The van der Waals surface area contributed by atoms with Crippen LogP contribution >= 0.6 is 0 Å². The number of carbonyl (C=O) groups excluding carboxylic acids is 1. The first-order valence-electron chi connectivity index (χ1n) is 13.2. The second-order valence-corrected chi connectivity index (χ2v) is 9.92. The number of hydrogen-bond acceptors (Lipinski definition) is 4. The molecule has 37 heavy (non-hydrogen) atoms. The smallest absolute Gasteiger partial charge is 0.316 e. The Morgan fingerprint density at radius 1 is 1.24 bits per heavy atom. The van der Waals surface area contributed by atoms with Gasteiger partial charge in [-0.3, -0.25) is 4.79 Å². The Morgan fingerprint density at radius 3 is 2.59 bits per heavy atom. The average Bonchev–Trinajstić information content (AvgIpc) is 3.60. The van der Waals surface area contributed by atoms with Crippen molar-refractivity contribution in [2.75, 3.05) is 33.4 Å². The molecule has 4 nitrogen and oxygen atoms in total. The Labute approximate surface area is 224 Å². The van der Waals surface area contributed by atoms with Crippen LogP contribution in [0.2, 0.25) is 0 Å². The molecule has 3 rings (SSSR count). The molecule has 1 aromatic carbocycles. The Hall–Kier alpha value is -3.11. The number of methoxy groups -OCH3 is 1. The highest BCUT2D eigenvalue weighted by atomic mass is 16.5. The topological polar surface area (TPSA) is 38.8 Å². The predicted octanol–water partition coefficient (Wildman–Crippen LogP) is 7.33. The Bertz CT molecular complexity index is 1030. The molecule has 0 saturated carbocycles. The van der Waals surface area contributed by atoms with Crippen molar-refractivity contribution in [3.63, 3.8) is 0 Å². The van der Waals surface area contributed by atoms with Gasteiger partial charge in [-0.05, 0) is 70.2 Å². The molecule has 0 bridgehead atoms. The number of esters is 1. The SMILES string of the molecule is C=C/C(C)=C\C=C/C.C=CC1=C(/C=C(\C)CCN2CCC(C(C)(C(=O)OC)c3ccccc3)C2)CCO1. The lowest BCUT2D eigenvalue weighted by molar-refractivity contribution is -0.149. The molecular formula is C33H45NO3. The summed E-state index contributed by atoms with van der Waals surface area (Å²) in [6.45, 7) is 19.4. The van der Waals surface area contributed by atoms with E-state index < -0.39 is 5.41 Å². The van der Waals surface area contributed by atoms with E-state index in [9.17, 15) is 4.79 Å². The van der Waals surface area contributed by atoms with Gasteiger partial charge in [0, 0.05) is 19.5 Å². The van der Waals surface area contributed by atoms with E-state index in [0.717, 1.165) is 56.8 Å². The van der Waals surface area contributed by atoms with Gasteiger partial charge in [-0.1, -0.05) is 85.0 Å². The van der Waals surface area contributed by atoms with Crippen LogP contribution in [0.1, 0.15) is 52.5 Å². The van der Waals surface area contributed by atoms with E-state index in [4.69, 9.17) is 9.47 Å². The Kier molecular flexibility index (Phi) is 12.4. The van der Waals surface area contributed by atoms with Gasteiger partial charge in [0.05, 0.1) is 19.1 Å². The number of carbonyl (C=O) groups is 1. The first-order chi connectivity index (χ1) is 17.8.